The highest BCUT2D eigenvalue weighted by Crippen LogP contribution is 2.40. The van der Waals surface area contributed by atoms with Crippen LogP contribution in [0.2, 0.25) is 5.02 Å². The lowest BCUT2D eigenvalue weighted by Crippen LogP contribution is -2.38. The molecule has 0 unspecified atom stereocenters. The highest BCUT2D eigenvalue weighted by Gasteiger charge is 2.37. The van der Waals surface area contributed by atoms with E-state index in [1.807, 2.05) is 0 Å². The van der Waals surface area contributed by atoms with Gasteiger partial charge in [-0.05, 0) is 37.1 Å². The molecule has 2 aromatic carbocycles. The lowest BCUT2D eigenvalue weighted by molar-refractivity contribution is -0.274. The molecule has 0 saturated heterocycles. The van der Waals surface area contributed by atoms with Crippen molar-refractivity contribution in [2.75, 3.05) is 0 Å². The number of carboxylic acid groups (broad SMARTS) is 1. The van der Waals surface area contributed by atoms with Gasteiger partial charge in [0.25, 0.3) is 0 Å². The highest BCUT2D eigenvalue weighted by molar-refractivity contribution is 6.34. The van der Waals surface area contributed by atoms with Crippen LogP contribution in [0.1, 0.15) is 12.8 Å². The Labute approximate surface area is 177 Å². The zero-order chi connectivity index (χ0) is 22.3. The number of para-hydroxylation sites is 1. The lowest BCUT2D eigenvalue weighted by Gasteiger charge is -2.33. The molecular formula is C21H14ClF3O6. The van der Waals surface area contributed by atoms with E-state index in [0.29, 0.717) is 0 Å². The van der Waals surface area contributed by atoms with Crippen molar-refractivity contribution in [2.45, 2.75) is 25.3 Å². The van der Waals surface area contributed by atoms with Crippen molar-refractivity contribution < 1.29 is 37.0 Å². The molecule has 31 heavy (non-hydrogen) atoms. The summed E-state index contributed by atoms with van der Waals surface area (Å²) >= 11 is 6.12. The fourth-order valence-electron chi connectivity index (χ4n) is 3.32. The predicted octanol–water partition coefficient (Wildman–Crippen LogP) is 5.25. The van der Waals surface area contributed by atoms with Gasteiger partial charge in [-0.15, -0.1) is 13.2 Å². The van der Waals surface area contributed by atoms with E-state index >= 15 is 0 Å². The monoisotopic (exact) mass is 454 g/mol. The molecule has 0 radical (unpaired) electrons. The van der Waals surface area contributed by atoms with E-state index in [0.717, 1.165) is 12.1 Å². The first-order chi connectivity index (χ1) is 14.6. The number of hydrogen-bond donors (Lipinski definition) is 1. The van der Waals surface area contributed by atoms with Crippen LogP contribution in [0.15, 0.2) is 51.7 Å². The third kappa shape index (κ3) is 4.46. The molecule has 1 saturated carbocycles. The summed E-state index contributed by atoms with van der Waals surface area (Å²) < 4.78 is 53.4. The van der Waals surface area contributed by atoms with Crippen molar-refractivity contribution in [3.05, 3.63) is 57.7 Å². The minimum atomic E-state index is -4.91. The number of rotatable bonds is 5. The molecule has 0 amide bonds. The largest absolute Gasteiger partial charge is 0.573 e. The molecule has 0 aliphatic heterocycles. The molecular weight excluding hydrogens is 441 g/mol. The maximum Gasteiger partial charge on any atom is 0.573 e. The molecule has 162 valence electrons. The second-order valence-electron chi connectivity index (χ2n) is 7.04. The zero-order valence-corrected chi connectivity index (χ0v) is 16.4. The van der Waals surface area contributed by atoms with Crippen LogP contribution >= 0.6 is 11.6 Å². The zero-order valence-electron chi connectivity index (χ0n) is 15.6. The van der Waals surface area contributed by atoms with Crippen molar-refractivity contribution in [3.63, 3.8) is 0 Å². The summed E-state index contributed by atoms with van der Waals surface area (Å²) in [6.07, 6.45) is -5.02. The first-order valence-electron chi connectivity index (χ1n) is 9.13. The van der Waals surface area contributed by atoms with E-state index in [2.05, 4.69) is 4.74 Å². The van der Waals surface area contributed by atoms with Gasteiger partial charge in [0.05, 0.1) is 21.9 Å². The van der Waals surface area contributed by atoms with E-state index in [9.17, 15) is 22.8 Å². The van der Waals surface area contributed by atoms with Gasteiger partial charge >= 0.3 is 12.3 Å². The van der Waals surface area contributed by atoms with Gasteiger partial charge in [0.2, 0.25) is 0 Å². The van der Waals surface area contributed by atoms with Crippen molar-refractivity contribution in [1.82, 2.24) is 0 Å². The molecule has 6 nitrogen and oxygen atoms in total. The van der Waals surface area contributed by atoms with E-state index in [-0.39, 0.29) is 45.9 Å². The Balaban J connectivity index is 1.76. The number of carboxylic acids is 1. The fourth-order valence-corrected chi connectivity index (χ4v) is 3.53. The van der Waals surface area contributed by atoms with E-state index in [1.54, 1.807) is 6.07 Å². The van der Waals surface area contributed by atoms with Gasteiger partial charge in [0.1, 0.15) is 23.4 Å². The Bertz CT molecular complexity index is 1210. The summed E-state index contributed by atoms with van der Waals surface area (Å²) in [6, 6.07) is 9.20. The smallest absolute Gasteiger partial charge is 0.489 e. The third-order valence-electron chi connectivity index (χ3n) is 4.90. The predicted molar refractivity (Wildman–Crippen MR) is 104 cm³/mol. The number of fused-ring (bicyclic) bond motifs is 1. The third-order valence-corrected chi connectivity index (χ3v) is 5.19. The maximum absolute atomic E-state index is 12.6. The van der Waals surface area contributed by atoms with Crippen molar-refractivity contribution >= 4 is 28.5 Å². The molecule has 1 heterocycles. The number of alkyl halides is 3. The van der Waals surface area contributed by atoms with Crippen LogP contribution in [-0.4, -0.2) is 23.5 Å². The molecule has 1 aliphatic rings. The number of carbonyl (C=O) groups is 1. The molecule has 1 fully saturated rings. The van der Waals surface area contributed by atoms with Crippen molar-refractivity contribution in [2.24, 2.45) is 5.92 Å². The van der Waals surface area contributed by atoms with Crippen molar-refractivity contribution in [3.8, 4) is 22.8 Å². The molecule has 10 heteroatoms. The molecule has 3 aromatic rings. The van der Waals surface area contributed by atoms with Gasteiger partial charge in [-0.25, -0.2) is 0 Å². The standard InChI is InChI=1S/C21H14ClF3O6/c22-15-3-1-2-13-16(26)9-18(30-19(13)15)14-5-4-11(31-21(23,24)25)8-17(14)29-12-6-10(7-12)20(27)28/h1-5,8-10,12H,6-7H2,(H,27,28)/t10-,12+. The summed E-state index contributed by atoms with van der Waals surface area (Å²) in [5.41, 5.74) is -0.0649. The fraction of sp³-hybridized carbons (Fsp3) is 0.238. The van der Waals surface area contributed by atoms with Crippen LogP contribution in [0.25, 0.3) is 22.3 Å². The van der Waals surface area contributed by atoms with Crippen molar-refractivity contribution in [1.29, 1.82) is 0 Å². The topological polar surface area (TPSA) is 86.0 Å². The summed E-state index contributed by atoms with van der Waals surface area (Å²) in [5, 5.41) is 9.46. The van der Waals surface area contributed by atoms with Gasteiger partial charge in [-0.2, -0.15) is 0 Å². The van der Waals surface area contributed by atoms with Crippen LogP contribution in [-0.2, 0) is 4.79 Å². The molecule has 1 N–H and O–H groups in total. The molecule has 1 aromatic heterocycles. The number of benzene rings is 2. The molecule has 0 atom stereocenters. The summed E-state index contributed by atoms with van der Waals surface area (Å²) in [6.45, 7) is 0. The summed E-state index contributed by atoms with van der Waals surface area (Å²) in [4.78, 5) is 23.5. The van der Waals surface area contributed by atoms with Crippen LogP contribution in [0, 0.1) is 5.92 Å². The van der Waals surface area contributed by atoms with Crippen LogP contribution in [0.5, 0.6) is 11.5 Å². The SMILES string of the molecule is O=c1cc(-c2ccc(OC(F)(F)F)cc2O[C@H]2C[C@@H](C(=O)O)C2)oc2c(Cl)cccc12. The minimum absolute atomic E-state index is 0.0354. The van der Waals surface area contributed by atoms with Crippen LogP contribution in [0.4, 0.5) is 13.2 Å². The minimum Gasteiger partial charge on any atom is -0.489 e. The number of hydrogen-bond acceptors (Lipinski definition) is 5. The number of ether oxygens (including phenoxy) is 2. The van der Waals surface area contributed by atoms with Gasteiger partial charge in [-0.3, -0.25) is 9.59 Å². The average Bonchev–Trinajstić information content (AvgIpc) is 2.63. The second-order valence-corrected chi connectivity index (χ2v) is 7.45. The normalized spacial score (nSPS) is 18.5. The van der Waals surface area contributed by atoms with E-state index in [1.165, 1.54) is 24.3 Å². The van der Waals surface area contributed by atoms with Crippen LogP contribution in [0.3, 0.4) is 0 Å². The molecule has 0 spiro atoms. The highest BCUT2D eigenvalue weighted by atomic mass is 35.5. The van der Waals surface area contributed by atoms with Crippen LogP contribution < -0.4 is 14.9 Å². The number of halogens is 4. The van der Waals surface area contributed by atoms with E-state index in [4.69, 9.17) is 25.9 Å². The Morgan fingerprint density at radius 2 is 1.90 bits per heavy atom. The molecule has 0 bridgehead atoms. The first-order valence-corrected chi connectivity index (χ1v) is 9.50. The van der Waals surface area contributed by atoms with Gasteiger partial charge in [0.15, 0.2) is 11.0 Å². The van der Waals surface area contributed by atoms with E-state index < -0.39 is 35.5 Å². The Hall–Kier alpha value is -3.20. The van der Waals surface area contributed by atoms with Gasteiger partial charge in [-0.1, -0.05) is 17.7 Å². The maximum atomic E-state index is 12.6. The Kier molecular flexibility index (Phi) is 5.30. The number of aliphatic carboxylic acids is 1. The van der Waals surface area contributed by atoms with Gasteiger partial charge in [0, 0.05) is 12.1 Å². The van der Waals surface area contributed by atoms with Gasteiger partial charge < -0.3 is 19.0 Å². The first kappa shape index (κ1) is 21.0. The molecule has 4 rings (SSSR count). The Morgan fingerprint density at radius 3 is 2.58 bits per heavy atom. The summed E-state index contributed by atoms with van der Waals surface area (Å²) in [7, 11) is 0. The Morgan fingerprint density at radius 1 is 1.16 bits per heavy atom. The average molecular weight is 455 g/mol. The lowest BCUT2D eigenvalue weighted by atomic mass is 9.82. The molecule has 1 aliphatic carbocycles. The second kappa shape index (κ2) is 7.81. The summed E-state index contributed by atoms with van der Waals surface area (Å²) in [5.74, 6) is -2.08. The quantitative estimate of drug-likeness (QED) is 0.566.